The summed E-state index contributed by atoms with van der Waals surface area (Å²) in [7, 11) is 1.56. The Morgan fingerprint density at radius 2 is 2.17 bits per heavy atom. The van der Waals surface area contributed by atoms with Gasteiger partial charge in [-0.15, -0.1) is 11.6 Å². The van der Waals surface area contributed by atoms with Crippen LogP contribution in [0, 0.1) is 5.92 Å². The zero-order valence-corrected chi connectivity index (χ0v) is 11.7. The van der Waals surface area contributed by atoms with E-state index in [1.54, 1.807) is 19.2 Å². The van der Waals surface area contributed by atoms with Crippen molar-refractivity contribution >= 4 is 17.5 Å². The lowest BCUT2D eigenvalue weighted by Gasteiger charge is -2.10. The number of carbonyl (C=O) groups excluding carboxylic acids is 1. The average Bonchev–Trinajstić information content (AvgIpc) is 2.42. The van der Waals surface area contributed by atoms with Gasteiger partial charge in [0.05, 0.1) is 12.7 Å². The van der Waals surface area contributed by atoms with Crippen LogP contribution in [-0.4, -0.2) is 25.4 Å². The first kappa shape index (κ1) is 14.8. The number of alkyl halides is 1. The van der Waals surface area contributed by atoms with Crippen LogP contribution in [0.1, 0.15) is 30.1 Å². The van der Waals surface area contributed by atoms with Gasteiger partial charge in [-0.3, -0.25) is 4.79 Å². The molecule has 100 valence electrons. The molecule has 0 saturated heterocycles. The number of hydrogen-bond acceptors (Lipinski definition) is 2. The lowest BCUT2D eigenvalue weighted by Crippen LogP contribution is -2.25. The fourth-order valence-corrected chi connectivity index (χ4v) is 1.81. The third-order valence-corrected chi connectivity index (χ3v) is 3.30. The SMILES string of the molecule is COc1ccccc1C(=O)NCCCC(C)CCl. The summed E-state index contributed by atoms with van der Waals surface area (Å²) in [5.74, 6) is 1.67. The van der Waals surface area contributed by atoms with Crippen molar-refractivity contribution in [2.45, 2.75) is 19.8 Å². The molecule has 0 bridgehead atoms. The van der Waals surface area contributed by atoms with Gasteiger partial charge in [-0.1, -0.05) is 19.1 Å². The number of nitrogens with one attached hydrogen (secondary N) is 1. The molecule has 0 spiro atoms. The molecule has 1 rings (SSSR count). The molecule has 1 aromatic carbocycles. The molecule has 0 radical (unpaired) electrons. The Kier molecular flexibility index (Phi) is 6.58. The summed E-state index contributed by atoms with van der Waals surface area (Å²) in [6.07, 6.45) is 1.96. The second kappa shape index (κ2) is 7.98. The maximum absolute atomic E-state index is 11.9. The second-order valence-corrected chi connectivity index (χ2v) is 4.67. The summed E-state index contributed by atoms with van der Waals surface area (Å²) in [5, 5.41) is 2.89. The van der Waals surface area contributed by atoms with Crippen LogP contribution in [0.15, 0.2) is 24.3 Å². The molecule has 0 saturated carbocycles. The highest BCUT2D eigenvalue weighted by atomic mass is 35.5. The van der Waals surface area contributed by atoms with Crippen molar-refractivity contribution in [3.8, 4) is 5.75 Å². The van der Waals surface area contributed by atoms with E-state index in [4.69, 9.17) is 16.3 Å². The van der Waals surface area contributed by atoms with Gasteiger partial charge >= 0.3 is 0 Å². The number of benzene rings is 1. The summed E-state index contributed by atoms with van der Waals surface area (Å²) in [5.41, 5.74) is 0.574. The number of halogens is 1. The molecule has 1 atom stereocenters. The third kappa shape index (κ3) is 4.57. The molecule has 1 unspecified atom stereocenters. The number of hydrogen-bond donors (Lipinski definition) is 1. The number of carbonyl (C=O) groups is 1. The van der Waals surface area contributed by atoms with E-state index >= 15 is 0 Å². The Morgan fingerprint density at radius 1 is 1.44 bits per heavy atom. The van der Waals surface area contributed by atoms with E-state index in [-0.39, 0.29) is 5.91 Å². The average molecular weight is 270 g/mol. The van der Waals surface area contributed by atoms with E-state index in [1.807, 2.05) is 12.1 Å². The molecule has 1 aromatic rings. The van der Waals surface area contributed by atoms with Gasteiger partial charge in [-0.25, -0.2) is 0 Å². The van der Waals surface area contributed by atoms with Crippen LogP contribution in [-0.2, 0) is 0 Å². The Bertz CT molecular complexity index is 382. The van der Waals surface area contributed by atoms with Crippen LogP contribution in [0.4, 0.5) is 0 Å². The van der Waals surface area contributed by atoms with E-state index < -0.39 is 0 Å². The summed E-state index contributed by atoms with van der Waals surface area (Å²) < 4.78 is 5.15. The monoisotopic (exact) mass is 269 g/mol. The van der Waals surface area contributed by atoms with Gasteiger partial charge in [0.1, 0.15) is 5.75 Å². The number of rotatable bonds is 7. The molecule has 0 aliphatic heterocycles. The van der Waals surface area contributed by atoms with Crippen LogP contribution in [0.5, 0.6) is 5.75 Å². The molecule has 0 aromatic heterocycles. The molecule has 0 aliphatic carbocycles. The zero-order valence-electron chi connectivity index (χ0n) is 10.9. The van der Waals surface area contributed by atoms with Crippen molar-refractivity contribution in [2.24, 2.45) is 5.92 Å². The summed E-state index contributed by atoms with van der Waals surface area (Å²) in [6, 6.07) is 7.21. The summed E-state index contributed by atoms with van der Waals surface area (Å²) in [4.78, 5) is 11.9. The maximum Gasteiger partial charge on any atom is 0.255 e. The highest BCUT2D eigenvalue weighted by Crippen LogP contribution is 2.16. The van der Waals surface area contributed by atoms with E-state index in [9.17, 15) is 4.79 Å². The van der Waals surface area contributed by atoms with Gasteiger partial charge in [0.15, 0.2) is 0 Å². The molecular weight excluding hydrogens is 250 g/mol. The first-order chi connectivity index (χ1) is 8.69. The lowest BCUT2D eigenvalue weighted by atomic mass is 10.1. The van der Waals surface area contributed by atoms with Gasteiger partial charge in [0, 0.05) is 12.4 Å². The fourth-order valence-electron chi connectivity index (χ4n) is 1.66. The molecule has 0 aliphatic rings. The normalized spacial score (nSPS) is 11.9. The summed E-state index contributed by atoms with van der Waals surface area (Å²) in [6.45, 7) is 2.77. The van der Waals surface area contributed by atoms with E-state index in [1.165, 1.54) is 0 Å². The van der Waals surface area contributed by atoms with Gasteiger partial charge < -0.3 is 10.1 Å². The molecule has 0 heterocycles. The van der Waals surface area contributed by atoms with Crippen molar-refractivity contribution in [2.75, 3.05) is 19.5 Å². The molecule has 1 N–H and O–H groups in total. The lowest BCUT2D eigenvalue weighted by molar-refractivity contribution is 0.0949. The molecular formula is C14H20ClNO2. The van der Waals surface area contributed by atoms with Crippen LogP contribution < -0.4 is 10.1 Å². The number of methoxy groups -OCH3 is 1. The smallest absolute Gasteiger partial charge is 0.255 e. The van der Waals surface area contributed by atoms with Crippen LogP contribution in [0.25, 0.3) is 0 Å². The largest absolute Gasteiger partial charge is 0.496 e. The quantitative estimate of drug-likeness (QED) is 0.610. The molecule has 0 fully saturated rings. The van der Waals surface area contributed by atoms with Crippen molar-refractivity contribution in [3.63, 3.8) is 0 Å². The van der Waals surface area contributed by atoms with E-state index in [0.29, 0.717) is 29.7 Å². The predicted molar refractivity (Wildman–Crippen MR) is 74.4 cm³/mol. The first-order valence-electron chi connectivity index (χ1n) is 6.16. The molecule has 3 nitrogen and oxygen atoms in total. The standard InChI is InChI=1S/C14H20ClNO2/c1-11(10-15)6-5-9-16-14(17)12-7-3-4-8-13(12)18-2/h3-4,7-8,11H,5-6,9-10H2,1-2H3,(H,16,17). The predicted octanol–water partition coefficient (Wildman–Crippen LogP) is 3.08. The highest BCUT2D eigenvalue weighted by Gasteiger charge is 2.10. The fraction of sp³-hybridized carbons (Fsp3) is 0.500. The van der Waals surface area contributed by atoms with Crippen LogP contribution in [0.3, 0.4) is 0 Å². The van der Waals surface area contributed by atoms with Gasteiger partial charge in [0.25, 0.3) is 5.91 Å². The Balaban J connectivity index is 2.41. The Labute approximate surface area is 113 Å². The summed E-state index contributed by atoms with van der Waals surface area (Å²) >= 11 is 5.73. The zero-order chi connectivity index (χ0) is 13.4. The first-order valence-corrected chi connectivity index (χ1v) is 6.69. The van der Waals surface area contributed by atoms with Crippen molar-refractivity contribution in [3.05, 3.63) is 29.8 Å². The minimum atomic E-state index is -0.0917. The molecule has 18 heavy (non-hydrogen) atoms. The topological polar surface area (TPSA) is 38.3 Å². The van der Waals surface area contributed by atoms with Gasteiger partial charge in [-0.05, 0) is 30.9 Å². The Hall–Kier alpha value is -1.22. The third-order valence-electron chi connectivity index (χ3n) is 2.77. The van der Waals surface area contributed by atoms with Gasteiger partial charge in [-0.2, -0.15) is 0 Å². The number of amides is 1. The van der Waals surface area contributed by atoms with E-state index in [2.05, 4.69) is 12.2 Å². The molecule has 4 heteroatoms. The van der Waals surface area contributed by atoms with Crippen molar-refractivity contribution in [1.82, 2.24) is 5.32 Å². The van der Waals surface area contributed by atoms with E-state index in [0.717, 1.165) is 12.8 Å². The van der Waals surface area contributed by atoms with Crippen molar-refractivity contribution in [1.29, 1.82) is 0 Å². The second-order valence-electron chi connectivity index (χ2n) is 4.36. The van der Waals surface area contributed by atoms with Crippen LogP contribution in [0.2, 0.25) is 0 Å². The highest BCUT2D eigenvalue weighted by molar-refractivity contribution is 6.18. The maximum atomic E-state index is 11.9. The number of ether oxygens (including phenoxy) is 1. The minimum Gasteiger partial charge on any atom is -0.496 e. The number of para-hydroxylation sites is 1. The van der Waals surface area contributed by atoms with Crippen molar-refractivity contribution < 1.29 is 9.53 Å². The van der Waals surface area contributed by atoms with Crippen LogP contribution >= 0.6 is 11.6 Å². The Morgan fingerprint density at radius 3 is 2.83 bits per heavy atom. The van der Waals surface area contributed by atoms with Gasteiger partial charge in [0.2, 0.25) is 0 Å². The minimum absolute atomic E-state index is 0.0917. The molecule has 1 amide bonds.